The zero-order valence-corrected chi connectivity index (χ0v) is 14.7. The van der Waals surface area contributed by atoms with Gasteiger partial charge in [-0.25, -0.2) is 14.8 Å². The summed E-state index contributed by atoms with van der Waals surface area (Å²) < 4.78 is 4.66. The molecule has 0 bridgehead atoms. The topological polar surface area (TPSA) is 78.8 Å². The van der Waals surface area contributed by atoms with E-state index in [-0.39, 0.29) is 11.8 Å². The quantitative estimate of drug-likeness (QED) is 0.816. The number of ether oxygens (including phenoxy) is 1. The lowest BCUT2D eigenvalue weighted by atomic mass is 9.77. The van der Waals surface area contributed by atoms with Gasteiger partial charge in [0, 0.05) is 19.1 Å². The van der Waals surface area contributed by atoms with Crippen molar-refractivity contribution in [3.63, 3.8) is 0 Å². The van der Waals surface area contributed by atoms with Gasteiger partial charge in [0.05, 0.1) is 25.6 Å². The summed E-state index contributed by atoms with van der Waals surface area (Å²) in [7, 11) is 1.34. The van der Waals surface area contributed by atoms with Gasteiger partial charge >= 0.3 is 5.97 Å². The van der Waals surface area contributed by atoms with Crippen LogP contribution >= 0.6 is 0 Å². The Kier molecular flexibility index (Phi) is 4.60. The summed E-state index contributed by atoms with van der Waals surface area (Å²) in [4.78, 5) is 24.8. The molecule has 4 rings (SSSR count). The second-order valence-electron chi connectivity index (χ2n) is 7.53. The summed E-state index contributed by atoms with van der Waals surface area (Å²) >= 11 is 0. The average Bonchev–Trinajstić information content (AvgIpc) is 3.29. The minimum atomic E-state index is -0.467. The van der Waals surface area contributed by atoms with Crippen molar-refractivity contribution < 1.29 is 14.6 Å². The summed E-state index contributed by atoms with van der Waals surface area (Å²) in [6, 6.07) is 0.316. The van der Waals surface area contributed by atoms with Crippen LogP contribution in [-0.4, -0.2) is 71.4 Å². The number of rotatable bonds is 3. The molecule has 25 heavy (non-hydrogen) atoms. The summed E-state index contributed by atoms with van der Waals surface area (Å²) in [5, 5.41) is 10.6. The first-order valence-electron chi connectivity index (χ1n) is 9.23. The number of methoxy groups -OCH3 is 1. The highest BCUT2D eigenvalue weighted by Gasteiger charge is 2.44. The summed E-state index contributed by atoms with van der Waals surface area (Å²) in [5.74, 6) is 1.44. The first-order valence-corrected chi connectivity index (χ1v) is 9.23. The van der Waals surface area contributed by atoms with Crippen LogP contribution in [0.2, 0.25) is 0 Å². The van der Waals surface area contributed by atoms with Crippen LogP contribution in [-0.2, 0) is 4.74 Å². The van der Waals surface area contributed by atoms with E-state index in [1.54, 1.807) is 6.20 Å². The van der Waals surface area contributed by atoms with Crippen LogP contribution in [0.4, 0.5) is 5.82 Å². The number of aliphatic hydroxyl groups excluding tert-OH is 1. The molecular formula is C18H26N4O3. The fraction of sp³-hybridized carbons (Fsp3) is 0.722. The SMILES string of the molecule is COC(=O)c1cnc(N2C[C@H]3C[C@@H](N4CCCC4)[C@H](O)C[C@H]3C2)cn1. The fourth-order valence-electron chi connectivity index (χ4n) is 4.75. The predicted molar refractivity (Wildman–Crippen MR) is 92.4 cm³/mol. The van der Waals surface area contributed by atoms with Crippen molar-refractivity contribution in [1.82, 2.24) is 14.9 Å². The highest BCUT2D eigenvalue weighted by molar-refractivity contribution is 5.86. The number of carbonyl (C=O) groups excluding carboxylic acids is 1. The van der Waals surface area contributed by atoms with Crippen LogP contribution in [0.15, 0.2) is 12.4 Å². The van der Waals surface area contributed by atoms with Crippen molar-refractivity contribution in [2.24, 2.45) is 11.8 Å². The van der Waals surface area contributed by atoms with E-state index in [9.17, 15) is 9.90 Å². The molecule has 7 heteroatoms. The van der Waals surface area contributed by atoms with Crippen LogP contribution in [0.1, 0.15) is 36.2 Å². The number of carbonyl (C=O) groups is 1. The number of hydrogen-bond acceptors (Lipinski definition) is 7. The van der Waals surface area contributed by atoms with Gasteiger partial charge in [-0.15, -0.1) is 0 Å². The minimum absolute atomic E-state index is 0.216. The summed E-state index contributed by atoms with van der Waals surface area (Å²) in [6.45, 7) is 4.11. The van der Waals surface area contributed by atoms with Crippen molar-refractivity contribution >= 4 is 11.8 Å². The van der Waals surface area contributed by atoms with Crippen molar-refractivity contribution in [3.8, 4) is 0 Å². The Balaban J connectivity index is 1.43. The number of aliphatic hydroxyl groups is 1. The maximum absolute atomic E-state index is 11.5. The molecule has 4 atom stereocenters. The number of esters is 1. The second kappa shape index (κ2) is 6.88. The largest absolute Gasteiger partial charge is 0.464 e. The molecule has 0 radical (unpaired) electrons. The van der Waals surface area contributed by atoms with Crippen LogP contribution in [0.25, 0.3) is 0 Å². The number of nitrogens with zero attached hydrogens (tertiary/aromatic N) is 4. The highest BCUT2D eigenvalue weighted by Crippen LogP contribution is 2.40. The molecule has 1 aliphatic carbocycles. The van der Waals surface area contributed by atoms with Crippen molar-refractivity contribution in [1.29, 1.82) is 0 Å². The van der Waals surface area contributed by atoms with Crippen molar-refractivity contribution in [2.75, 3.05) is 38.2 Å². The molecule has 3 heterocycles. The lowest BCUT2D eigenvalue weighted by Crippen LogP contribution is -2.48. The molecule has 0 aromatic carbocycles. The van der Waals surface area contributed by atoms with Gasteiger partial charge in [0.1, 0.15) is 5.82 Å². The Morgan fingerprint density at radius 2 is 1.88 bits per heavy atom. The van der Waals surface area contributed by atoms with Gasteiger partial charge in [-0.1, -0.05) is 0 Å². The maximum Gasteiger partial charge on any atom is 0.358 e. The summed E-state index contributed by atoms with van der Waals surface area (Å²) in [6.07, 6.45) is 7.36. The molecular weight excluding hydrogens is 320 g/mol. The van der Waals surface area contributed by atoms with Crippen LogP contribution < -0.4 is 4.90 Å². The molecule has 0 spiro atoms. The molecule has 1 saturated carbocycles. The Bertz CT molecular complexity index is 617. The van der Waals surface area contributed by atoms with Crippen molar-refractivity contribution in [3.05, 3.63) is 18.1 Å². The molecule has 1 aromatic rings. The van der Waals surface area contributed by atoms with Crippen LogP contribution in [0, 0.1) is 11.8 Å². The molecule has 7 nitrogen and oxygen atoms in total. The van der Waals surface area contributed by atoms with E-state index in [2.05, 4.69) is 24.5 Å². The zero-order valence-electron chi connectivity index (χ0n) is 14.7. The van der Waals surface area contributed by atoms with Gasteiger partial charge in [-0.3, -0.25) is 4.90 Å². The fourth-order valence-corrected chi connectivity index (χ4v) is 4.75. The van der Waals surface area contributed by atoms with E-state index in [4.69, 9.17) is 0 Å². The van der Waals surface area contributed by atoms with Gasteiger partial charge in [0.2, 0.25) is 0 Å². The van der Waals surface area contributed by atoms with E-state index in [1.807, 2.05) is 0 Å². The number of hydrogen-bond donors (Lipinski definition) is 1. The zero-order chi connectivity index (χ0) is 17.4. The molecule has 2 aliphatic heterocycles. The number of likely N-dealkylation sites (tertiary alicyclic amines) is 1. The highest BCUT2D eigenvalue weighted by atomic mass is 16.5. The van der Waals surface area contributed by atoms with Crippen molar-refractivity contribution in [2.45, 2.75) is 37.8 Å². The van der Waals surface area contributed by atoms with Crippen LogP contribution in [0.3, 0.4) is 0 Å². The number of anilines is 1. The molecule has 3 fully saturated rings. The average molecular weight is 346 g/mol. The third-order valence-electron chi connectivity index (χ3n) is 6.08. The predicted octanol–water partition coefficient (Wildman–Crippen LogP) is 0.935. The third kappa shape index (κ3) is 3.22. The van der Waals surface area contributed by atoms with Gasteiger partial charge in [0.15, 0.2) is 5.69 Å². The smallest absolute Gasteiger partial charge is 0.358 e. The summed E-state index contributed by atoms with van der Waals surface area (Å²) in [5.41, 5.74) is 0.229. The Hall–Kier alpha value is -1.73. The number of aromatic nitrogens is 2. The molecule has 3 aliphatic rings. The van der Waals surface area contributed by atoms with E-state index in [0.717, 1.165) is 44.8 Å². The third-order valence-corrected chi connectivity index (χ3v) is 6.08. The Morgan fingerprint density at radius 3 is 2.52 bits per heavy atom. The van der Waals surface area contributed by atoms with E-state index in [0.29, 0.717) is 17.9 Å². The van der Waals surface area contributed by atoms with Gasteiger partial charge in [-0.05, 0) is 50.6 Å². The van der Waals surface area contributed by atoms with E-state index in [1.165, 1.54) is 26.1 Å². The van der Waals surface area contributed by atoms with Gasteiger partial charge in [-0.2, -0.15) is 0 Å². The molecule has 2 saturated heterocycles. The molecule has 136 valence electrons. The van der Waals surface area contributed by atoms with E-state index >= 15 is 0 Å². The monoisotopic (exact) mass is 346 g/mol. The standard InChI is InChI=1S/C18H26N4O3/c1-25-18(24)14-8-20-17(9-19-14)22-10-12-6-15(21-4-2-3-5-21)16(23)7-13(12)11-22/h8-9,12-13,15-16,23H,2-7,10-11H2,1H3/t12-,13+,15-,16-/m1/s1. The number of fused-ring (bicyclic) bond motifs is 1. The maximum atomic E-state index is 11.5. The molecule has 1 aromatic heterocycles. The Labute approximate surface area is 148 Å². The Morgan fingerprint density at radius 1 is 1.16 bits per heavy atom. The first kappa shape index (κ1) is 16.7. The second-order valence-corrected chi connectivity index (χ2v) is 7.53. The minimum Gasteiger partial charge on any atom is -0.464 e. The van der Waals surface area contributed by atoms with E-state index < -0.39 is 5.97 Å². The van der Waals surface area contributed by atoms with Gasteiger partial charge in [0.25, 0.3) is 0 Å². The van der Waals surface area contributed by atoms with Gasteiger partial charge < -0.3 is 14.7 Å². The lowest BCUT2D eigenvalue weighted by Gasteiger charge is -2.40. The normalized spacial score (nSPS) is 32.6. The molecule has 1 N–H and O–H groups in total. The lowest BCUT2D eigenvalue weighted by molar-refractivity contribution is -0.000856. The molecule has 0 amide bonds. The first-order chi connectivity index (χ1) is 12.2. The van der Waals surface area contributed by atoms with Crippen LogP contribution in [0.5, 0.6) is 0 Å². The molecule has 0 unspecified atom stereocenters.